The number of nitrogens with zero attached hydrogens (tertiary/aromatic N) is 5. The quantitative estimate of drug-likeness (QED) is 0.658. The maximum atomic E-state index is 13.6. The summed E-state index contributed by atoms with van der Waals surface area (Å²) in [4.78, 5) is 30.3. The lowest BCUT2D eigenvalue weighted by Gasteiger charge is -2.38. The summed E-state index contributed by atoms with van der Waals surface area (Å²) in [5, 5.41) is 9.85. The highest BCUT2D eigenvalue weighted by atomic mass is 16.5. The maximum Gasteiger partial charge on any atom is 0.259 e. The van der Waals surface area contributed by atoms with Crippen molar-refractivity contribution in [3.63, 3.8) is 0 Å². The number of aliphatic hydroxyl groups excluding tert-OH is 1. The molecule has 4 heterocycles. The molecule has 1 fully saturated rings. The van der Waals surface area contributed by atoms with E-state index in [2.05, 4.69) is 33.8 Å². The van der Waals surface area contributed by atoms with E-state index in [1.165, 1.54) is 6.33 Å². The van der Waals surface area contributed by atoms with Gasteiger partial charge in [-0.3, -0.25) is 4.79 Å². The Labute approximate surface area is 201 Å². The van der Waals surface area contributed by atoms with Gasteiger partial charge in [-0.2, -0.15) is 0 Å². The Morgan fingerprint density at radius 3 is 2.62 bits per heavy atom. The van der Waals surface area contributed by atoms with Crippen LogP contribution in [0.4, 0.5) is 0 Å². The Hall–Kier alpha value is -2.62. The maximum absolute atomic E-state index is 13.6. The molecular formula is C25H35N5O4. The van der Waals surface area contributed by atoms with Gasteiger partial charge in [0.05, 0.1) is 12.6 Å². The zero-order valence-electron chi connectivity index (χ0n) is 20.3. The van der Waals surface area contributed by atoms with Crippen LogP contribution in [0.15, 0.2) is 31.0 Å². The lowest BCUT2D eigenvalue weighted by atomic mass is 9.97. The largest absolute Gasteiger partial charge is 0.472 e. The lowest BCUT2D eigenvalue weighted by molar-refractivity contribution is 0.0254. The smallest absolute Gasteiger partial charge is 0.259 e. The van der Waals surface area contributed by atoms with Crippen LogP contribution in [0.25, 0.3) is 11.1 Å². The molecule has 0 radical (unpaired) electrons. The van der Waals surface area contributed by atoms with Gasteiger partial charge >= 0.3 is 0 Å². The van der Waals surface area contributed by atoms with Crippen LogP contribution in [0.3, 0.4) is 0 Å². The number of hydrogen-bond acceptors (Lipinski definition) is 8. The average Bonchev–Trinajstić information content (AvgIpc) is 2.86. The first-order valence-corrected chi connectivity index (χ1v) is 12.1. The van der Waals surface area contributed by atoms with Crippen molar-refractivity contribution >= 4 is 5.91 Å². The molecule has 2 aliphatic rings. The molecule has 3 atom stereocenters. The van der Waals surface area contributed by atoms with E-state index in [9.17, 15) is 9.90 Å². The molecule has 4 rings (SSSR count). The molecule has 2 aromatic heterocycles. The van der Waals surface area contributed by atoms with Crippen LogP contribution in [-0.4, -0.2) is 94.4 Å². The number of hydrogen-bond donors (Lipinski definition) is 1. The minimum Gasteiger partial charge on any atom is -0.472 e. The van der Waals surface area contributed by atoms with Crippen LogP contribution >= 0.6 is 0 Å². The molecule has 1 amide bonds. The summed E-state index contributed by atoms with van der Waals surface area (Å²) < 4.78 is 11.9. The summed E-state index contributed by atoms with van der Waals surface area (Å²) in [6.45, 7) is 7.72. The van der Waals surface area contributed by atoms with E-state index < -0.39 is 0 Å². The van der Waals surface area contributed by atoms with Gasteiger partial charge in [-0.15, -0.1) is 0 Å². The van der Waals surface area contributed by atoms with Crippen LogP contribution in [0, 0.1) is 11.8 Å². The summed E-state index contributed by atoms with van der Waals surface area (Å²) in [7, 11) is 2.12. The highest BCUT2D eigenvalue weighted by Crippen LogP contribution is 2.30. The number of aromatic nitrogens is 3. The Bertz CT molecular complexity index is 954. The van der Waals surface area contributed by atoms with Gasteiger partial charge in [0.1, 0.15) is 18.0 Å². The minimum absolute atomic E-state index is 0.0623. The number of pyridine rings is 1. The predicted octanol–water partition coefficient (Wildman–Crippen LogP) is 2.12. The molecule has 9 heteroatoms. The monoisotopic (exact) mass is 469 g/mol. The predicted molar refractivity (Wildman–Crippen MR) is 127 cm³/mol. The van der Waals surface area contributed by atoms with Gasteiger partial charge in [0.25, 0.3) is 5.91 Å². The van der Waals surface area contributed by atoms with E-state index in [4.69, 9.17) is 9.47 Å². The van der Waals surface area contributed by atoms with Crippen molar-refractivity contribution in [2.45, 2.75) is 38.8 Å². The number of amides is 1. The van der Waals surface area contributed by atoms with Gasteiger partial charge in [0.2, 0.25) is 5.88 Å². The topological polar surface area (TPSA) is 101 Å². The molecule has 0 saturated carbocycles. The molecule has 0 aromatic carbocycles. The number of carbonyl (C=O) groups excluding carboxylic acids is 1. The van der Waals surface area contributed by atoms with Crippen LogP contribution in [-0.2, 0) is 4.74 Å². The number of likely N-dealkylation sites (N-methyl/N-ethyl adjacent to an activating group) is 1. The zero-order valence-corrected chi connectivity index (χ0v) is 20.3. The Morgan fingerprint density at radius 1 is 1.18 bits per heavy atom. The molecule has 0 spiro atoms. The second-order valence-electron chi connectivity index (χ2n) is 9.60. The van der Waals surface area contributed by atoms with Crippen molar-refractivity contribution in [3.05, 3.63) is 36.5 Å². The van der Waals surface area contributed by atoms with Crippen LogP contribution in [0.5, 0.6) is 5.88 Å². The molecule has 0 bridgehead atoms. The van der Waals surface area contributed by atoms with E-state index in [-0.39, 0.29) is 30.6 Å². The van der Waals surface area contributed by atoms with Crippen molar-refractivity contribution in [1.82, 2.24) is 24.8 Å². The molecule has 184 valence electrons. The van der Waals surface area contributed by atoms with Gasteiger partial charge < -0.3 is 24.4 Å². The second-order valence-corrected chi connectivity index (χ2v) is 9.60. The standard InChI is InChI=1S/C25H35N5O4/c1-17-12-30(18(2)15-31)25(32)22-8-20(21-9-26-16-27-10-21)11-28-24(22)34-23(17)14-29(3)13-19-4-6-33-7-5-19/h8-11,16-19,23,31H,4-7,12-15H2,1-3H3/t17-,18+,23+/m1/s1. The summed E-state index contributed by atoms with van der Waals surface area (Å²) in [6, 6.07) is 1.48. The van der Waals surface area contributed by atoms with Gasteiger partial charge in [-0.1, -0.05) is 6.92 Å². The first kappa shape index (κ1) is 24.5. The first-order valence-electron chi connectivity index (χ1n) is 12.1. The molecule has 0 unspecified atom stereocenters. The third-order valence-electron chi connectivity index (χ3n) is 6.82. The van der Waals surface area contributed by atoms with Gasteiger partial charge in [0.15, 0.2) is 0 Å². The fourth-order valence-electron chi connectivity index (χ4n) is 4.68. The van der Waals surface area contributed by atoms with Crippen LogP contribution in [0.2, 0.25) is 0 Å². The van der Waals surface area contributed by atoms with Crippen molar-refractivity contribution in [1.29, 1.82) is 0 Å². The number of aliphatic hydroxyl groups is 1. The van der Waals surface area contributed by atoms with Gasteiger partial charge in [-0.25, -0.2) is 15.0 Å². The Balaban J connectivity index is 1.61. The van der Waals surface area contributed by atoms with Crippen molar-refractivity contribution in [2.75, 3.05) is 46.5 Å². The molecule has 1 saturated heterocycles. The third-order valence-corrected chi connectivity index (χ3v) is 6.82. The summed E-state index contributed by atoms with van der Waals surface area (Å²) in [5.74, 6) is 0.823. The normalized spacial score (nSPS) is 22.6. The summed E-state index contributed by atoms with van der Waals surface area (Å²) in [6.07, 6.45) is 8.55. The average molecular weight is 470 g/mol. The number of ether oxygens (including phenoxy) is 2. The molecule has 2 aliphatic heterocycles. The summed E-state index contributed by atoms with van der Waals surface area (Å²) >= 11 is 0. The van der Waals surface area contributed by atoms with Gasteiger partial charge in [-0.05, 0) is 38.8 Å². The lowest BCUT2D eigenvalue weighted by Crippen LogP contribution is -2.50. The molecule has 9 nitrogen and oxygen atoms in total. The molecular weight excluding hydrogens is 434 g/mol. The van der Waals surface area contributed by atoms with E-state index in [1.807, 2.05) is 6.92 Å². The SMILES string of the molecule is C[C@@H]1CN([C@@H](C)CO)C(=O)c2cc(-c3cncnc3)cnc2O[C@H]1CN(C)CC1CCOCC1. The highest BCUT2D eigenvalue weighted by molar-refractivity contribution is 5.98. The third kappa shape index (κ3) is 5.71. The molecule has 1 N–H and O–H groups in total. The van der Waals surface area contributed by atoms with E-state index >= 15 is 0 Å². The van der Waals surface area contributed by atoms with E-state index in [1.54, 1.807) is 29.6 Å². The molecule has 2 aromatic rings. The van der Waals surface area contributed by atoms with Crippen LogP contribution in [0.1, 0.15) is 37.0 Å². The molecule has 34 heavy (non-hydrogen) atoms. The Kier molecular flexibility index (Phi) is 8.07. The molecule has 0 aliphatic carbocycles. The van der Waals surface area contributed by atoms with Crippen molar-refractivity contribution < 1.29 is 19.4 Å². The zero-order chi connectivity index (χ0) is 24.1. The van der Waals surface area contributed by atoms with E-state index in [0.29, 0.717) is 23.9 Å². The van der Waals surface area contributed by atoms with E-state index in [0.717, 1.165) is 50.3 Å². The Morgan fingerprint density at radius 2 is 1.91 bits per heavy atom. The minimum atomic E-state index is -0.315. The highest BCUT2D eigenvalue weighted by Gasteiger charge is 2.34. The van der Waals surface area contributed by atoms with Crippen molar-refractivity contribution in [2.24, 2.45) is 11.8 Å². The van der Waals surface area contributed by atoms with Crippen molar-refractivity contribution in [3.8, 4) is 17.0 Å². The first-order chi connectivity index (χ1) is 16.5. The van der Waals surface area contributed by atoms with Crippen LogP contribution < -0.4 is 4.74 Å². The second kappa shape index (κ2) is 11.2. The fourth-order valence-corrected chi connectivity index (χ4v) is 4.68. The fraction of sp³-hybridized carbons (Fsp3) is 0.600. The summed E-state index contributed by atoms with van der Waals surface area (Å²) in [5.41, 5.74) is 1.91. The number of fused-ring (bicyclic) bond motifs is 1. The van der Waals surface area contributed by atoms with Gasteiger partial charge in [0, 0.05) is 68.5 Å². The number of carbonyl (C=O) groups is 1. The number of rotatable bonds is 7.